The van der Waals surface area contributed by atoms with Gasteiger partial charge in [0.2, 0.25) is 5.91 Å². The van der Waals surface area contributed by atoms with E-state index in [0.29, 0.717) is 25.4 Å². The van der Waals surface area contributed by atoms with Gasteiger partial charge in [0.25, 0.3) is 5.69 Å². The van der Waals surface area contributed by atoms with Gasteiger partial charge in [0.05, 0.1) is 11.5 Å². The van der Waals surface area contributed by atoms with E-state index in [1.807, 2.05) is 0 Å². The molecule has 0 unspecified atom stereocenters. The zero-order valence-corrected chi connectivity index (χ0v) is 11.6. The van der Waals surface area contributed by atoms with Gasteiger partial charge in [0.1, 0.15) is 5.69 Å². The van der Waals surface area contributed by atoms with Gasteiger partial charge in [-0.2, -0.15) is 0 Å². The maximum absolute atomic E-state index is 11.4. The molecule has 0 saturated heterocycles. The molecule has 1 amide bonds. The number of methoxy groups -OCH3 is 1. The average molecular weight is 281 g/mol. The molecule has 7 heteroatoms. The third-order valence-corrected chi connectivity index (χ3v) is 2.65. The number of nitro benzene ring substituents is 1. The minimum absolute atomic E-state index is 0.0183. The Hall–Kier alpha value is -2.15. The lowest BCUT2D eigenvalue weighted by atomic mass is 10.2. The van der Waals surface area contributed by atoms with Gasteiger partial charge in [-0.3, -0.25) is 14.9 Å². The lowest BCUT2D eigenvalue weighted by molar-refractivity contribution is -0.384. The summed E-state index contributed by atoms with van der Waals surface area (Å²) in [4.78, 5) is 21.9. The van der Waals surface area contributed by atoms with Gasteiger partial charge in [-0.25, -0.2) is 0 Å². The second-order valence-corrected chi connectivity index (χ2v) is 4.30. The Kier molecular flexibility index (Phi) is 6.45. The molecule has 0 heterocycles. The number of amides is 1. The number of nitrogens with one attached hydrogen (secondary N) is 2. The van der Waals surface area contributed by atoms with Crippen LogP contribution in [-0.4, -0.2) is 37.6 Å². The van der Waals surface area contributed by atoms with Crippen molar-refractivity contribution in [3.05, 3.63) is 33.9 Å². The van der Waals surface area contributed by atoms with Crippen molar-refractivity contribution >= 4 is 17.3 Å². The van der Waals surface area contributed by atoms with Crippen molar-refractivity contribution in [1.82, 2.24) is 5.32 Å². The SMILES string of the molecule is COCCNC(=O)CCNc1ccc(C)cc1[N+](=O)[O-]. The highest BCUT2D eigenvalue weighted by Crippen LogP contribution is 2.24. The fourth-order valence-corrected chi connectivity index (χ4v) is 1.63. The molecule has 1 aromatic carbocycles. The summed E-state index contributed by atoms with van der Waals surface area (Å²) in [6.45, 7) is 3.05. The number of ether oxygens (including phenoxy) is 1. The van der Waals surface area contributed by atoms with Crippen molar-refractivity contribution in [2.45, 2.75) is 13.3 Å². The first-order chi connectivity index (χ1) is 9.54. The standard InChI is InChI=1S/C13H19N3O4/c1-10-3-4-11(12(9-10)16(18)19)14-6-5-13(17)15-7-8-20-2/h3-4,9,14H,5-8H2,1-2H3,(H,15,17). The molecule has 0 spiro atoms. The first-order valence-corrected chi connectivity index (χ1v) is 6.29. The first kappa shape index (κ1) is 15.9. The predicted molar refractivity (Wildman–Crippen MR) is 75.8 cm³/mol. The second-order valence-electron chi connectivity index (χ2n) is 4.30. The van der Waals surface area contributed by atoms with E-state index in [1.54, 1.807) is 26.2 Å². The molecular formula is C13H19N3O4. The summed E-state index contributed by atoms with van der Waals surface area (Å²) >= 11 is 0. The topological polar surface area (TPSA) is 93.5 Å². The molecule has 0 aromatic heterocycles. The molecule has 7 nitrogen and oxygen atoms in total. The molecule has 0 aliphatic carbocycles. The smallest absolute Gasteiger partial charge is 0.292 e. The Morgan fingerprint density at radius 1 is 1.40 bits per heavy atom. The molecule has 0 aliphatic heterocycles. The van der Waals surface area contributed by atoms with Crippen molar-refractivity contribution in [3.63, 3.8) is 0 Å². The zero-order chi connectivity index (χ0) is 15.0. The molecule has 1 aromatic rings. The number of hydrogen-bond donors (Lipinski definition) is 2. The third kappa shape index (κ3) is 5.23. The second kappa shape index (κ2) is 8.11. The van der Waals surface area contributed by atoms with Crippen LogP contribution in [0.2, 0.25) is 0 Å². The van der Waals surface area contributed by atoms with Crippen LogP contribution in [0.3, 0.4) is 0 Å². The fourth-order valence-electron chi connectivity index (χ4n) is 1.63. The normalized spacial score (nSPS) is 10.1. The number of nitro groups is 1. The van der Waals surface area contributed by atoms with Crippen LogP contribution < -0.4 is 10.6 Å². The van der Waals surface area contributed by atoms with Crippen LogP contribution in [-0.2, 0) is 9.53 Å². The van der Waals surface area contributed by atoms with Crippen LogP contribution in [0.1, 0.15) is 12.0 Å². The monoisotopic (exact) mass is 281 g/mol. The number of rotatable bonds is 8. The maximum atomic E-state index is 11.4. The van der Waals surface area contributed by atoms with E-state index in [-0.39, 0.29) is 18.0 Å². The molecule has 2 N–H and O–H groups in total. The maximum Gasteiger partial charge on any atom is 0.292 e. The summed E-state index contributed by atoms with van der Waals surface area (Å²) in [7, 11) is 1.56. The molecule has 0 atom stereocenters. The van der Waals surface area contributed by atoms with E-state index < -0.39 is 4.92 Å². The van der Waals surface area contributed by atoms with E-state index in [0.717, 1.165) is 5.56 Å². The summed E-state index contributed by atoms with van der Waals surface area (Å²) in [5.41, 5.74) is 1.26. The van der Waals surface area contributed by atoms with Crippen LogP contribution in [0.5, 0.6) is 0 Å². The molecule has 0 fully saturated rings. The Balaban J connectivity index is 2.46. The number of nitrogens with zero attached hydrogens (tertiary/aromatic N) is 1. The third-order valence-electron chi connectivity index (χ3n) is 2.65. The number of carbonyl (C=O) groups is 1. The Bertz CT molecular complexity index is 477. The van der Waals surface area contributed by atoms with Gasteiger partial charge in [0, 0.05) is 32.7 Å². The van der Waals surface area contributed by atoms with Crippen molar-refractivity contribution in [3.8, 4) is 0 Å². The van der Waals surface area contributed by atoms with Crippen LogP contribution >= 0.6 is 0 Å². The molecule has 0 bridgehead atoms. The van der Waals surface area contributed by atoms with Gasteiger partial charge in [-0.05, 0) is 18.6 Å². The fraction of sp³-hybridized carbons (Fsp3) is 0.462. The van der Waals surface area contributed by atoms with Gasteiger partial charge >= 0.3 is 0 Å². The van der Waals surface area contributed by atoms with E-state index in [1.165, 1.54) is 6.07 Å². The van der Waals surface area contributed by atoms with Crippen molar-refractivity contribution in [2.24, 2.45) is 0 Å². The van der Waals surface area contributed by atoms with Gasteiger partial charge in [-0.15, -0.1) is 0 Å². The first-order valence-electron chi connectivity index (χ1n) is 6.29. The Morgan fingerprint density at radius 3 is 2.80 bits per heavy atom. The van der Waals surface area contributed by atoms with E-state index in [4.69, 9.17) is 4.74 Å². The van der Waals surface area contributed by atoms with E-state index >= 15 is 0 Å². The molecule has 1 rings (SSSR count). The van der Waals surface area contributed by atoms with Crippen LogP contribution in [0, 0.1) is 17.0 Å². The summed E-state index contributed by atoms with van der Waals surface area (Å²) in [6.07, 6.45) is 0.245. The number of benzene rings is 1. The van der Waals surface area contributed by atoms with Crippen molar-refractivity contribution in [1.29, 1.82) is 0 Å². The molecule has 20 heavy (non-hydrogen) atoms. The quantitative estimate of drug-likeness (QED) is 0.427. The van der Waals surface area contributed by atoms with Gasteiger partial charge in [-0.1, -0.05) is 6.07 Å². The summed E-state index contributed by atoms with van der Waals surface area (Å²) in [5, 5.41) is 16.5. The molecule has 0 radical (unpaired) electrons. The zero-order valence-electron chi connectivity index (χ0n) is 11.6. The number of carbonyl (C=O) groups excluding carboxylic acids is 1. The molecule has 0 aliphatic rings. The highest BCUT2D eigenvalue weighted by atomic mass is 16.6. The van der Waals surface area contributed by atoms with Crippen molar-refractivity contribution in [2.75, 3.05) is 32.1 Å². The summed E-state index contributed by atoms with van der Waals surface area (Å²) in [6, 6.07) is 4.94. The van der Waals surface area contributed by atoms with E-state index in [9.17, 15) is 14.9 Å². The average Bonchev–Trinajstić information content (AvgIpc) is 2.40. The minimum Gasteiger partial charge on any atom is -0.383 e. The molecule has 0 saturated carbocycles. The summed E-state index contributed by atoms with van der Waals surface area (Å²) < 4.78 is 4.81. The van der Waals surface area contributed by atoms with Gasteiger partial charge in [0.15, 0.2) is 0 Å². The Morgan fingerprint density at radius 2 is 2.15 bits per heavy atom. The van der Waals surface area contributed by atoms with Crippen LogP contribution in [0.15, 0.2) is 18.2 Å². The lowest BCUT2D eigenvalue weighted by Gasteiger charge is -2.08. The van der Waals surface area contributed by atoms with Crippen LogP contribution in [0.4, 0.5) is 11.4 Å². The molecular weight excluding hydrogens is 262 g/mol. The Labute approximate surface area is 117 Å². The summed E-state index contributed by atoms with van der Waals surface area (Å²) in [5.74, 6) is -0.121. The highest BCUT2D eigenvalue weighted by molar-refractivity contribution is 5.76. The number of hydrogen-bond acceptors (Lipinski definition) is 5. The molecule has 110 valence electrons. The number of anilines is 1. The van der Waals surface area contributed by atoms with E-state index in [2.05, 4.69) is 10.6 Å². The minimum atomic E-state index is -0.437. The van der Waals surface area contributed by atoms with Crippen molar-refractivity contribution < 1.29 is 14.5 Å². The largest absolute Gasteiger partial charge is 0.383 e. The van der Waals surface area contributed by atoms with Crippen LogP contribution in [0.25, 0.3) is 0 Å². The van der Waals surface area contributed by atoms with Gasteiger partial charge < -0.3 is 15.4 Å². The lowest BCUT2D eigenvalue weighted by Crippen LogP contribution is -2.28. The predicted octanol–water partition coefficient (Wildman–Crippen LogP) is 1.47. The highest BCUT2D eigenvalue weighted by Gasteiger charge is 2.13. The number of aryl methyl sites for hydroxylation is 1.